The lowest BCUT2D eigenvalue weighted by Crippen LogP contribution is -2.54. The van der Waals surface area contributed by atoms with Gasteiger partial charge < -0.3 is 10.5 Å². The molecule has 100 valence electrons. The van der Waals surface area contributed by atoms with Crippen LogP contribution in [-0.2, 0) is 19.6 Å². The smallest absolute Gasteiger partial charge is 0.325 e. The van der Waals surface area contributed by atoms with E-state index in [9.17, 15) is 13.2 Å². The summed E-state index contributed by atoms with van der Waals surface area (Å²) < 4.78 is 31.0. The molecule has 1 unspecified atom stereocenters. The summed E-state index contributed by atoms with van der Waals surface area (Å²) in [5.74, 6) is -0.761. The van der Waals surface area contributed by atoms with Crippen molar-refractivity contribution >= 4 is 16.0 Å². The van der Waals surface area contributed by atoms with Crippen LogP contribution in [0.1, 0.15) is 32.6 Å². The fourth-order valence-corrected chi connectivity index (χ4v) is 3.50. The molecule has 1 saturated carbocycles. The molecule has 1 aliphatic rings. The number of carbonyl (C=O) groups excluding carboxylic acids is 1. The molecule has 7 heteroatoms. The van der Waals surface area contributed by atoms with Crippen LogP contribution in [0.5, 0.6) is 0 Å². The minimum Gasteiger partial charge on any atom is -0.468 e. The molecule has 0 aromatic rings. The van der Waals surface area contributed by atoms with Crippen LogP contribution < -0.4 is 10.5 Å². The molecule has 6 nitrogen and oxygen atoms in total. The van der Waals surface area contributed by atoms with Crippen LogP contribution >= 0.6 is 0 Å². The van der Waals surface area contributed by atoms with Crippen molar-refractivity contribution in [1.82, 2.24) is 4.72 Å². The lowest BCUT2D eigenvalue weighted by molar-refractivity contribution is -0.139. The third-order valence-corrected chi connectivity index (χ3v) is 5.15. The number of rotatable bonds is 5. The van der Waals surface area contributed by atoms with Crippen molar-refractivity contribution in [2.24, 2.45) is 5.73 Å². The van der Waals surface area contributed by atoms with Crippen LogP contribution in [0.15, 0.2) is 0 Å². The highest BCUT2D eigenvalue weighted by Crippen LogP contribution is 2.29. The molecular formula is C10H20N2O4S. The summed E-state index contributed by atoms with van der Waals surface area (Å²) in [6.45, 7) is 1.56. The fraction of sp³-hybridized carbons (Fsp3) is 0.900. The van der Waals surface area contributed by atoms with Gasteiger partial charge in [-0.2, -0.15) is 0 Å². The lowest BCUT2D eigenvalue weighted by atomic mass is 10.0. The van der Waals surface area contributed by atoms with Gasteiger partial charge in [-0.05, 0) is 19.8 Å². The van der Waals surface area contributed by atoms with Gasteiger partial charge in [-0.1, -0.05) is 12.8 Å². The predicted octanol–water partition coefficient (Wildman–Crippen LogP) is -0.261. The molecule has 0 saturated heterocycles. The van der Waals surface area contributed by atoms with Gasteiger partial charge in [0.05, 0.1) is 7.11 Å². The Labute approximate surface area is 102 Å². The molecule has 17 heavy (non-hydrogen) atoms. The number of nitrogens with one attached hydrogen (secondary N) is 1. The van der Waals surface area contributed by atoms with Gasteiger partial charge >= 0.3 is 5.97 Å². The molecule has 1 aliphatic carbocycles. The summed E-state index contributed by atoms with van der Waals surface area (Å²) in [5.41, 5.74) is 5.06. The second-order valence-electron chi connectivity index (χ2n) is 4.50. The molecule has 0 spiro atoms. The van der Waals surface area contributed by atoms with Crippen LogP contribution in [0.4, 0.5) is 0 Å². The van der Waals surface area contributed by atoms with Crippen LogP contribution in [0, 0.1) is 0 Å². The fourth-order valence-electron chi connectivity index (χ4n) is 2.08. The summed E-state index contributed by atoms with van der Waals surface area (Å²) in [4.78, 5) is 11.3. The summed E-state index contributed by atoms with van der Waals surface area (Å²) in [5, 5.41) is -1.21. The Morgan fingerprint density at radius 2 is 2.00 bits per heavy atom. The molecular weight excluding hydrogens is 244 g/mol. The molecule has 3 N–H and O–H groups in total. The predicted molar refractivity (Wildman–Crippen MR) is 63.8 cm³/mol. The number of carbonyl (C=O) groups is 1. The van der Waals surface area contributed by atoms with Crippen molar-refractivity contribution in [2.75, 3.05) is 13.7 Å². The van der Waals surface area contributed by atoms with Crippen molar-refractivity contribution in [2.45, 2.75) is 43.4 Å². The Kier molecular flexibility index (Phi) is 4.51. The Hall–Kier alpha value is -0.660. The molecule has 0 aromatic carbocycles. The van der Waals surface area contributed by atoms with Gasteiger partial charge in [-0.3, -0.25) is 4.79 Å². The lowest BCUT2D eigenvalue weighted by Gasteiger charge is -2.29. The molecule has 1 atom stereocenters. The van der Waals surface area contributed by atoms with E-state index in [1.807, 2.05) is 0 Å². The van der Waals surface area contributed by atoms with E-state index in [2.05, 4.69) is 9.46 Å². The number of nitrogens with two attached hydrogens (primary N) is 1. The second kappa shape index (κ2) is 5.32. The Bertz CT molecular complexity index is 374. The van der Waals surface area contributed by atoms with E-state index in [-0.39, 0.29) is 6.54 Å². The topological polar surface area (TPSA) is 98.5 Å². The summed E-state index contributed by atoms with van der Waals surface area (Å²) in [6.07, 6.45) is 3.34. The number of sulfonamides is 1. The highest BCUT2D eigenvalue weighted by Gasteiger charge is 2.40. The Balaban J connectivity index is 2.81. The second-order valence-corrected chi connectivity index (χ2v) is 6.51. The standard InChI is InChI=1S/C10H20N2O4S/c1-8(9(13)16-2)17(14,15)12-10(7-11)5-3-4-6-10/h8,12H,3-7,11H2,1-2H3. The van der Waals surface area contributed by atoms with E-state index in [4.69, 9.17) is 5.73 Å². The summed E-state index contributed by atoms with van der Waals surface area (Å²) >= 11 is 0. The van der Waals surface area contributed by atoms with Gasteiger partial charge in [0.25, 0.3) is 0 Å². The molecule has 0 aromatic heterocycles. The Morgan fingerprint density at radius 3 is 2.41 bits per heavy atom. The minimum atomic E-state index is -3.73. The maximum Gasteiger partial charge on any atom is 0.325 e. The van der Waals surface area contributed by atoms with Gasteiger partial charge in [0, 0.05) is 12.1 Å². The van der Waals surface area contributed by atoms with Crippen LogP contribution in [-0.4, -0.2) is 38.8 Å². The normalized spacial score (nSPS) is 21.1. The van der Waals surface area contributed by atoms with Gasteiger partial charge in [0.2, 0.25) is 10.0 Å². The first-order valence-corrected chi connectivity index (χ1v) is 7.22. The number of hydrogen-bond acceptors (Lipinski definition) is 5. The van der Waals surface area contributed by atoms with E-state index in [0.717, 1.165) is 25.7 Å². The van der Waals surface area contributed by atoms with Crippen molar-refractivity contribution in [3.8, 4) is 0 Å². The molecule has 0 aliphatic heterocycles. The zero-order chi connectivity index (χ0) is 13.1. The van der Waals surface area contributed by atoms with Crippen molar-refractivity contribution in [1.29, 1.82) is 0 Å². The first-order chi connectivity index (χ1) is 7.87. The maximum atomic E-state index is 12.0. The van der Waals surface area contributed by atoms with Gasteiger partial charge in [-0.25, -0.2) is 13.1 Å². The highest BCUT2D eigenvalue weighted by molar-refractivity contribution is 7.90. The molecule has 1 fully saturated rings. The number of esters is 1. The molecule has 0 radical (unpaired) electrons. The average molecular weight is 264 g/mol. The number of methoxy groups -OCH3 is 1. The zero-order valence-electron chi connectivity index (χ0n) is 10.2. The van der Waals surface area contributed by atoms with E-state index >= 15 is 0 Å². The quantitative estimate of drug-likeness (QED) is 0.667. The highest BCUT2D eigenvalue weighted by atomic mass is 32.2. The molecule has 0 amide bonds. The zero-order valence-corrected chi connectivity index (χ0v) is 11.0. The van der Waals surface area contributed by atoms with Crippen molar-refractivity contribution in [3.63, 3.8) is 0 Å². The van der Waals surface area contributed by atoms with E-state index in [0.29, 0.717) is 0 Å². The minimum absolute atomic E-state index is 0.250. The summed E-state index contributed by atoms with van der Waals surface area (Å²) in [6, 6.07) is 0. The van der Waals surface area contributed by atoms with E-state index in [1.54, 1.807) is 0 Å². The number of ether oxygens (including phenoxy) is 1. The largest absolute Gasteiger partial charge is 0.468 e. The number of hydrogen-bond donors (Lipinski definition) is 2. The molecule has 1 rings (SSSR count). The Morgan fingerprint density at radius 1 is 1.47 bits per heavy atom. The third-order valence-electron chi connectivity index (χ3n) is 3.31. The molecule has 0 bridgehead atoms. The van der Waals surface area contributed by atoms with E-state index < -0.39 is 26.8 Å². The van der Waals surface area contributed by atoms with Gasteiger partial charge in [-0.15, -0.1) is 0 Å². The summed E-state index contributed by atoms with van der Waals surface area (Å²) in [7, 11) is -2.56. The monoisotopic (exact) mass is 264 g/mol. The van der Waals surface area contributed by atoms with Crippen LogP contribution in [0.2, 0.25) is 0 Å². The van der Waals surface area contributed by atoms with Crippen LogP contribution in [0.25, 0.3) is 0 Å². The molecule has 0 heterocycles. The van der Waals surface area contributed by atoms with Crippen molar-refractivity contribution in [3.05, 3.63) is 0 Å². The average Bonchev–Trinajstić information content (AvgIpc) is 2.75. The first kappa shape index (κ1) is 14.4. The van der Waals surface area contributed by atoms with Crippen molar-refractivity contribution < 1.29 is 17.9 Å². The van der Waals surface area contributed by atoms with Gasteiger partial charge in [0.1, 0.15) is 0 Å². The van der Waals surface area contributed by atoms with Gasteiger partial charge in [0.15, 0.2) is 5.25 Å². The SMILES string of the molecule is COC(=O)C(C)S(=O)(=O)NC1(CN)CCCC1. The maximum absolute atomic E-state index is 12.0. The van der Waals surface area contributed by atoms with Crippen LogP contribution in [0.3, 0.4) is 0 Å². The van der Waals surface area contributed by atoms with E-state index in [1.165, 1.54) is 14.0 Å². The first-order valence-electron chi connectivity index (χ1n) is 5.67. The third kappa shape index (κ3) is 3.17.